The molecule has 3 N–H and O–H groups in total. The number of amides is 1. The number of halogens is 3. The fourth-order valence-corrected chi connectivity index (χ4v) is 1.94. The van der Waals surface area contributed by atoms with Crippen LogP contribution in [-0.4, -0.2) is 16.9 Å². The van der Waals surface area contributed by atoms with Crippen LogP contribution in [0.25, 0.3) is 0 Å². The summed E-state index contributed by atoms with van der Waals surface area (Å²) in [6.45, 7) is 0. The van der Waals surface area contributed by atoms with Gasteiger partial charge < -0.3 is 10.8 Å². The summed E-state index contributed by atoms with van der Waals surface area (Å²) >= 11 is 17.0. The molecule has 0 fully saturated rings. The van der Waals surface area contributed by atoms with Gasteiger partial charge in [0.15, 0.2) is 5.60 Å². The molecule has 0 aliphatic rings. The van der Waals surface area contributed by atoms with E-state index >= 15 is 0 Å². The van der Waals surface area contributed by atoms with E-state index in [-0.39, 0.29) is 16.5 Å². The molecule has 0 saturated carbocycles. The topological polar surface area (TPSA) is 63.3 Å². The van der Waals surface area contributed by atoms with Crippen molar-refractivity contribution in [1.29, 1.82) is 0 Å². The monoisotopic (exact) mass is 267 g/mol. The third kappa shape index (κ3) is 2.37. The van der Waals surface area contributed by atoms with Gasteiger partial charge in [0.2, 0.25) is 0 Å². The maximum atomic E-state index is 11.1. The zero-order valence-corrected chi connectivity index (χ0v) is 9.77. The van der Waals surface area contributed by atoms with E-state index in [9.17, 15) is 9.90 Å². The number of nitrogens with two attached hydrogens (primary N) is 1. The van der Waals surface area contributed by atoms with Crippen LogP contribution in [0.4, 0.5) is 0 Å². The van der Waals surface area contributed by atoms with Crippen molar-refractivity contribution < 1.29 is 9.90 Å². The number of alkyl halides is 1. The predicted octanol–water partition coefficient (Wildman–Crippen LogP) is 1.91. The van der Waals surface area contributed by atoms with Gasteiger partial charge in [0.05, 0.1) is 5.88 Å². The van der Waals surface area contributed by atoms with E-state index in [0.717, 1.165) is 0 Å². The summed E-state index contributed by atoms with van der Waals surface area (Å²) in [4.78, 5) is 11.1. The molecule has 0 saturated heterocycles. The van der Waals surface area contributed by atoms with Crippen LogP contribution >= 0.6 is 34.8 Å². The molecule has 82 valence electrons. The summed E-state index contributed by atoms with van der Waals surface area (Å²) in [6.07, 6.45) is 0. The van der Waals surface area contributed by atoms with E-state index in [2.05, 4.69) is 0 Å². The third-order valence-corrected chi connectivity index (χ3v) is 2.91. The van der Waals surface area contributed by atoms with Gasteiger partial charge >= 0.3 is 0 Å². The highest BCUT2D eigenvalue weighted by Gasteiger charge is 2.37. The first-order valence-electron chi connectivity index (χ1n) is 3.95. The Labute approximate surface area is 102 Å². The highest BCUT2D eigenvalue weighted by Crippen LogP contribution is 2.31. The van der Waals surface area contributed by atoms with Crippen molar-refractivity contribution in [3.8, 4) is 0 Å². The second kappa shape index (κ2) is 4.58. The normalized spacial score (nSPS) is 14.7. The molecule has 1 atom stereocenters. The molecule has 0 aliphatic heterocycles. The van der Waals surface area contributed by atoms with E-state index in [1.54, 1.807) is 0 Å². The summed E-state index contributed by atoms with van der Waals surface area (Å²) in [6, 6.07) is 4.31. The van der Waals surface area contributed by atoms with Crippen LogP contribution in [0.3, 0.4) is 0 Å². The van der Waals surface area contributed by atoms with Crippen molar-refractivity contribution in [3.05, 3.63) is 33.8 Å². The van der Waals surface area contributed by atoms with Gasteiger partial charge in [-0.05, 0) is 12.1 Å². The molecule has 0 spiro atoms. The molecule has 1 unspecified atom stereocenters. The molecule has 0 heterocycles. The molecule has 15 heavy (non-hydrogen) atoms. The van der Waals surface area contributed by atoms with Crippen molar-refractivity contribution in [2.75, 3.05) is 5.88 Å². The van der Waals surface area contributed by atoms with Crippen LogP contribution in [0.1, 0.15) is 5.56 Å². The minimum atomic E-state index is -1.97. The Morgan fingerprint density at radius 2 is 2.07 bits per heavy atom. The maximum absolute atomic E-state index is 11.1. The first-order chi connectivity index (χ1) is 6.91. The summed E-state index contributed by atoms with van der Waals surface area (Å²) in [5.41, 5.74) is 3.24. The molecular weight excluding hydrogens is 260 g/mol. The minimum absolute atomic E-state index is 0.143. The van der Waals surface area contributed by atoms with E-state index in [4.69, 9.17) is 40.5 Å². The van der Waals surface area contributed by atoms with Gasteiger partial charge in [0, 0.05) is 15.6 Å². The highest BCUT2D eigenvalue weighted by atomic mass is 35.5. The smallest absolute Gasteiger partial charge is 0.255 e. The quantitative estimate of drug-likeness (QED) is 0.823. The van der Waals surface area contributed by atoms with Crippen molar-refractivity contribution in [3.63, 3.8) is 0 Å². The summed E-state index contributed by atoms with van der Waals surface area (Å²) < 4.78 is 0. The number of benzene rings is 1. The average molecular weight is 269 g/mol. The molecule has 0 bridgehead atoms. The minimum Gasteiger partial charge on any atom is -0.374 e. The second-order valence-corrected chi connectivity index (χ2v) is 4.09. The molecule has 1 aromatic rings. The molecular formula is C9H8Cl3NO2. The Hall–Kier alpha value is -0.480. The molecule has 1 amide bonds. The number of hydrogen-bond acceptors (Lipinski definition) is 2. The fourth-order valence-electron chi connectivity index (χ4n) is 1.10. The number of rotatable bonds is 3. The lowest BCUT2D eigenvalue weighted by molar-refractivity contribution is -0.134. The van der Waals surface area contributed by atoms with E-state index in [0.29, 0.717) is 5.02 Å². The SMILES string of the molecule is NC(=O)C(O)(CCl)c1ccc(Cl)cc1Cl. The van der Waals surface area contributed by atoms with Gasteiger partial charge in [0.1, 0.15) is 0 Å². The molecule has 0 aromatic heterocycles. The Bertz CT molecular complexity index is 397. The van der Waals surface area contributed by atoms with Gasteiger partial charge in [-0.2, -0.15) is 0 Å². The second-order valence-electron chi connectivity index (χ2n) is 2.98. The zero-order chi connectivity index (χ0) is 11.6. The Morgan fingerprint density at radius 1 is 1.47 bits per heavy atom. The largest absolute Gasteiger partial charge is 0.374 e. The Balaban J connectivity index is 3.30. The molecule has 1 rings (SSSR count). The number of primary amides is 1. The number of aliphatic hydroxyl groups is 1. The van der Waals surface area contributed by atoms with Gasteiger partial charge in [-0.1, -0.05) is 29.3 Å². The summed E-state index contributed by atoms with van der Waals surface area (Å²) in [7, 11) is 0. The maximum Gasteiger partial charge on any atom is 0.255 e. The lowest BCUT2D eigenvalue weighted by Crippen LogP contribution is -2.43. The summed E-state index contributed by atoms with van der Waals surface area (Å²) in [5.74, 6) is -1.33. The van der Waals surface area contributed by atoms with Crippen LogP contribution in [0.5, 0.6) is 0 Å². The molecule has 3 nitrogen and oxygen atoms in total. The van der Waals surface area contributed by atoms with Gasteiger partial charge in [0.25, 0.3) is 5.91 Å². The van der Waals surface area contributed by atoms with Gasteiger partial charge in [-0.15, -0.1) is 11.6 Å². The van der Waals surface area contributed by atoms with Crippen LogP contribution in [0.15, 0.2) is 18.2 Å². The van der Waals surface area contributed by atoms with Crippen molar-refractivity contribution in [2.45, 2.75) is 5.60 Å². The van der Waals surface area contributed by atoms with E-state index in [1.807, 2.05) is 0 Å². The molecule has 1 aromatic carbocycles. The number of hydrogen-bond donors (Lipinski definition) is 2. The van der Waals surface area contributed by atoms with Crippen molar-refractivity contribution in [2.24, 2.45) is 5.73 Å². The van der Waals surface area contributed by atoms with Crippen LogP contribution < -0.4 is 5.73 Å². The third-order valence-electron chi connectivity index (χ3n) is 1.98. The van der Waals surface area contributed by atoms with Crippen LogP contribution in [0, 0.1) is 0 Å². The van der Waals surface area contributed by atoms with Gasteiger partial charge in [-0.25, -0.2) is 0 Å². The van der Waals surface area contributed by atoms with Crippen LogP contribution in [-0.2, 0) is 10.4 Å². The molecule has 6 heteroatoms. The Kier molecular flexibility index (Phi) is 3.84. The lowest BCUT2D eigenvalue weighted by Gasteiger charge is -2.23. The first kappa shape index (κ1) is 12.6. The zero-order valence-electron chi connectivity index (χ0n) is 7.51. The number of carbonyl (C=O) groups is 1. The predicted molar refractivity (Wildman–Crippen MR) is 60.3 cm³/mol. The number of carbonyl (C=O) groups excluding carboxylic acids is 1. The summed E-state index contributed by atoms with van der Waals surface area (Å²) in [5, 5.41) is 10.4. The lowest BCUT2D eigenvalue weighted by atomic mass is 9.95. The van der Waals surface area contributed by atoms with E-state index < -0.39 is 11.5 Å². The fraction of sp³-hybridized carbons (Fsp3) is 0.222. The standard InChI is InChI=1S/C9H8Cl3NO2/c10-4-9(15,8(13)14)6-2-1-5(11)3-7(6)12/h1-3,15H,4H2,(H2,13,14). The average Bonchev–Trinajstić information content (AvgIpc) is 2.16. The van der Waals surface area contributed by atoms with Crippen molar-refractivity contribution in [1.82, 2.24) is 0 Å². The highest BCUT2D eigenvalue weighted by molar-refractivity contribution is 6.35. The first-order valence-corrected chi connectivity index (χ1v) is 5.24. The van der Waals surface area contributed by atoms with Crippen molar-refractivity contribution >= 4 is 40.7 Å². The van der Waals surface area contributed by atoms with Gasteiger partial charge in [-0.3, -0.25) is 4.79 Å². The molecule has 0 radical (unpaired) electrons. The molecule has 0 aliphatic carbocycles. The van der Waals surface area contributed by atoms with E-state index in [1.165, 1.54) is 18.2 Å². The van der Waals surface area contributed by atoms with Crippen LogP contribution in [0.2, 0.25) is 10.0 Å². The Morgan fingerprint density at radius 3 is 2.47 bits per heavy atom.